The van der Waals surface area contributed by atoms with Crippen LogP contribution in [0, 0.1) is 6.92 Å². The Labute approximate surface area is 143 Å². The lowest BCUT2D eigenvalue weighted by atomic mass is 10.1. The molecule has 1 N–H and O–H groups in total. The SMILES string of the molecule is Cc1nc2ccc(N(C)C(=O)c3ccc(-n4ccnn4)cc3)cc2[nH]1. The molecule has 0 unspecified atom stereocenters. The maximum atomic E-state index is 12.7. The molecular formula is C18H16N6O. The lowest BCUT2D eigenvalue weighted by molar-refractivity contribution is 0.0993. The summed E-state index contributed by atoms with van der Waals surface area (Å²) >= 11 is 0. The molecule has 0 bridgehead atoms. The number of aromatic nitrogens is 5. The summed E-state index contributed by atoms with van der Waals surface area (Å²) in [6.07, 6.45) is 3.37. The van der Waals surface area contributed by atoms with Gasteiger partial charge in [0.2, 0.25) is 0 Å². The fourth-order valence-corrected chi connectivity index (χ4v) is 2.75. The van der Waals surface area contributed by atoms with Gasteiger partial charge in [0.15, 0.2) is 0 Å². The van der Waals surface area contributed by atoms with Gasteiger partial charge < -0.3 is 9.88 Å². The summed E-state index contributed by atoms with van der Waals surface area (Å²) < 4.78 is 1.65. The van der Waals surface area contributed by atoms with Crippen LogP contribution in [0.4, 0.5) is 5.69 Å². The van der Waals surface area contributed by atoms with Gasteiger partial charge in [0, 0.05) is 18.3 Å². The molecule has 4 rings (SSSR count). The molecule has 2 heterocycles. The van der Waals surface area contributed by atoms with Crippen molar-refractivity contribution in [2.75, 3.05) is 11.9 Å². The number of hydrogen-bond acceptors (Lipinski definition) is 4. The molecule has 7 heteroatoms. The highest BCUT2D eigenvalue weighted by Gasteiger charge is 2.14. The number of hydrogen-bond donors (Lipinski definition) is 1. The molecule has 0 aliphatic rings. The second kappa shape index (κ2) is 5.86. The lowest BCUT2D eigenvalue weighted by Crippen LogP contribution is -2.26. The van der Waals surface area contributed by atoms with Gasteiger partial charge in [-0.15, -0.1) is 5.10 Å². The first kappa shape index (κ1) is 15.1. The Hall–Kier alpha value is -3.48. The molecule has 0 radical (unpaired) electrons. The average Bonchev–Trinajstić information content (AvgIpc) is 3.28. The molecule has 0 saturated heterocycles. The Morgan fingerprint density at radius 2 is 1.96 bits per heavy atom. The van der Waals surface area contributed by atoms with Gasteiger partial charge in [-0.1, -0.05) is 5.21 Å². The Balaban J connectivity index is 1.60. The molecule has 0 aliphatic heterocycles. The third-order valence-corrected chi connectivity index (χ3v) is 4.08. The highest BCUT2D eigenvalue weighted by Crippen LogP contribution is 2.21. The van der Waals surface area contributed by atoms with E-state index in [1.54, 1.807) is 41.2 Å². The maximum Gasteiger partial charge on any atom is 0.258 e. The van der Waals surface area contributed by atoms with Gasteiger partial charge in [0.1, 0.15) is 5.82 Å². The fraction of sp³-hybridized carbons (Fsp3) is 0.111. The van der Waals surface area contributed by atoms with E-state index in [1.165, 1.54) is 0 Å². The summed E-state index contributed by atoms with van der Waals surface area (Å²) in [5, 5.41) is 7.72. The van der Waals surface area contributed by atoms with E-state index in [1.807, 2.05) is 37.3 Å². The summed E-state index contributed by atoms with van der Waals surface area (Å²) in [5.41, 5.74) is 4.07. The van der Waals surface area contributed by atoms with Gasteiger partial charge in [0.05, 0.1) is 29.1 Å². The molecular weight excluding hydrogens is 316 g/mol. The molecule has 7 nitrogen and oxygen atoms in total. The third-order valence-electron chi connectivity index (χ3n) is 4.08. The standard InChI is InChI=1S/C18H16N6O/c1-12-20-16-8-7-15(11-17(16)21-12)23(2)18(25)13-3-5-14(6-4-13)24-10-9-19-22-24/h3-11H,1-2H3,(H,20,21). The molecule has 0 spiro atoms. The minimum Gasteiger partial charge on any atom is -0.342 e. The van der Waals surface area contributed by atoms with E-state index in [-0.39, 0.29) is 5.91 Å². The Morgan fingerprint density at radius 3 is 2.68 bits per heavy atom. The van der Waals surface area contributed by atoms with Crippen LogP contribution in [-0.2, 0) is 0 Å². The zero-order valence-corrected chi connectivity index (χ0v) is 13.8. The van der Waals surface area contributed by atoms with E-state index >= 15 is 0 Å². The van der Waals surface area contributed by atoms with Crippen LogP contribution in [0.25, 0.3) is 16.7 Å². The second-order valence-corrected chi connectivity index (χ2v) is 5.78. The lowest BCUT2D eigenvalue weighted by Gasteiger charge is -2.17. The number of anilines is 1. The highest BCUT2D eigenvalue weighted by molar-refractivity contribution is 6.06. The van der Waals surface area contributed by atoms with Crippen molar-refractivity contribution in [1.29, 1.82) is 0 Å². The number of H-pyrrole nitrogens is 1. The van der Waals surface area contributed by atoms with E-state index in [0.717, 1.165) is 28.2 Å². The molecule has 0 atom stereocenters. The van der Waals surface area contributed by atoms with Crippen molar-refractivity contribution in [1.82, 2.24) is 25.0 Å². The molecule has 0 fully saturated rings. The van der Waals surface area contributed by atoms with Crippen molar-refractivity contribution in [3.05, 3.63) is 66.2 Å². The Bertz CT molecular complexity index is 1030. The molecule has 124 valence electrons. The van der Waals surface area contributed by atoms with Crippen molar-refractivity contribution in [3.8, 4) is 5.69 Å². The number of fused-ring (bicyclic) bond motifs is 1. The quantitative estimate of drug-likeness (QED) is 0.625. The van der Waals surface area contributed by atoms with E-state index in [2.05, 4.69) is 20.3 Å². The van der Waals surface area contributed by atoms with Gasteiger partial charge in [0.25, 0.3) is 5.91 Å². The first-order valence-electron chi connectivity index (χ1n) is 7.83. The van der Waals surface area contributed by atoms with Crippen molar-refractivity contribution >= 4 is 22.6 Å². The van der Waals surface area contributed by atoms with E-state index in [4.69, 9.17) is 0 Å². The van der Waals surface area contributed by atoms with Crippen LogP contribution in [0.3, 0.4) is 0 Å². The zero-order chi connectivity index (χ0) is 17.4. The van der Waals surface area contributed by atoms with Crippen LogP contribution >= 0.6 is 0 Å². The van der Waals surface area contributed by atoms with Crippen molar-refractivity contribution in [2.45, 2.75) is 6.92 Å². The number of imidazole rings is 1. The Morgan fingerprint density at radius 1 is 1.16 bits per heavy atom. The van der Waals surface area contributed by atoms with E-state index in [0.29, 0.717) is 5.56 Å². The fourth-order valence-electron chi connectivity index (χ4n) is 2.75. The number of aryl methyl sites for hydroxylation is 1. The molecule has 0 saturated carbocycles. The number of benzene rings is 2. The number of carbonyl (C=O) groups is 1. The zero-order valence-electron chi connectivity index (χ0n) is 13.8. The van der Waals surface area contributed by atoms with Gasteiger partial charge in [-0.2, -0.15) is 0 Å². The van der Waals surface area contributed by atoms with E-state index in [9.17, 15) is 4.79 Å². The number of nitrogens with one attached hydrogen (secondary N) is 1. The number of nitrogens with zero attached hydrogens (tertiary/aromatic N) is 5. The normalized spacial score (nSPS) is 11.0. The molecule has 0 aliphatic carbocycles. The van der Waals surface area contributed by atoms with Crippen LogP contribution in [0.1, 0.15) is 16.2 Å². The second-order valence-electron chi connectivity index (χ2n) is 5.78. The molecule has 4 aromatic rings. The van der Waals surface area contributed by atoms with Crippen molar-refractivity contribution in [3.63, 3.8) is 0 Å². The molecule has 2 aromatic carbocycles. The summed E-state index contributed by atoms with van der Waals surface area (Å²) in [6.45, 7) is 1.91. The summed E-state index contributed by atoms with van der Waals surface area (Å²) in [4.78, 5) is 21.9. The first-order valence-corrected chi connectivity index (χ1v) is 7.83. The molecule has 1 amide bonds. The molecule has 2 aromatic heterocycles. The van der Waals surface area contributed by atoms with E-state index < -0.39 is 0 Å². The predicted octanol–water partition coefficient (Wildman–Crippen LogP) is 2.73. The van der Waals surface area contributed by atoms with Crippen LogP contribution in [-0.4, -0.2) is 37.9 Å². The highest BCUT2D eigenvalue weighted by atomic mass is 16.2. The van der Waals surface area contributed by atoms with Crippen LogP contribution in [0.5, 0.6) is 0 Å². The van der Waals surface area contributed by atoms with Crippen LogP contribution in [0.2, 0.25) is 0 Å². The third kappa shape index (κ3) is 2.76. The minimum absolute atomic E-state index is 0.0827. The molecule has 25 heavy (non-hydrogen) atoms. The van der Waals surface area contributed by atoms with Crippen molar-refractivity contribution in [2.24, 2.45) is 0 Å². The number of carbonyl (C=O) groups excluding carboxylic acids is 1. The van der Waals surface area contributed by atoms with Crippen molar-refractivity contribution < 1.29 is 4.79 Å². The van der Waals surface area contributed by atoms with Crippen LogP contribution in [0.15, 0.2) is 54.9 Å². The predicted molar refractivity (Wildman–Crippen MR) is 94.9 cm³/mol. The monoisotopic (exact) mass is 332 g/mol. The minimum atomic E-state index is -0.0827. The average molecular weight is 332 g/mol. The van der Waals surface area contributed by atoms with Crippen LogP contribution < -0.4 is 4.90 Å². The number of aromatic amines is 1. The smallest absolute Gasteiger partial charge is 0.258 e. The van der Waals surface area contributed by atoms with Gasteiger partial charge in [-0.3, -0.25) is 4.79 Å². The maximum absolute atomic E-state index is 12.7. The topological polar surface area (TPSA) is 79.7 Å². The largest absolute Gasteiger partial charge is 0.342 e. The first-order chi connectivity index (χ1) is 12.1. The summed E-state index contributed by atoms with van der Waals surface area (Å²) in [6, 6.07) is 13.0. The summed E-state index contributed by atoms with van der Waals surface area (Å²) in [7, 11) is 1.76. The van der Waals surface area contributed by atoms with Gasteiger partial charge in [-0.05, 0) is 49.4 Å². The number of amides is 1. The van der Waals surface area contributed by atoms with Gasteiger partial charge in [-0.25, -0.2) is 9.67 Å². The summed E-state index contributed by atoms with van der Waals surface area (Å²) in [5.74, 6) is 0.769. The van der Waals surface area contributed by atoms with Gasteiger partial charge >= 0.3 is 0 Å². The Kier molecular flexibility index (Phi) is 3.53. The number of rotatable bonds is 3.